The first-order valence-corrected chi connectivity index (χ1v) is 0. The molecule has 0 atom stereocenters. The summed E-state index contributed by atoms with van der Waals surface area (Å²) in [4.78, 5) is 0. The number of rotatable bonds is 0. The second kappa shape index (κ2) is 15.7. The van der Waals surface area contributed by atoms with Crippen molar-refractivity contribution in [1.29, 1.82) is 0 Å². The molecule has 0 spiro atoms. The third kappa shape index (κ3) is 9.46. The Kier molecular flexibility index (Phi) is 95.2. The van der Waals surface area contributed by atoms with Gasteiger partial charge in [-0.15, -0.1) is 0 Å². The Hall–Kier alpha value is 4.13. The van der Waals surface area contributed by atoms with Crippen molar-refractivity contribution < 1.29 is 0 Å². The Morgan fingerprint density at radius 2 is 0.500 bits per heavy atom. The minimum atomic E-state index is 0. The maximum Gasteiger partial charge on any atom is 0 e. The molecule has 0 rings (SSSR count). The van der Waals surface area contributed by atoms with Crippen LogP contribution in [0.3, 0.4) is 0 Å². The minimum Gasteiger partial charge on any atom is -0.197 e. The van der Waals surface area contributed by atoms with Gasteiger partial charge in [-0.3, -0.25) is 0 Å². The summed E-state index contributed by atoms with van der Waals surface area (Å²) >= 11 is 0. The van der Waals surface area contributed by atoms with Gasteiger partial charge >= 0.3 is 0 Å². The predicted molar refractivity (Wildman–Crippen MR) is 27.6 cm³/mol. The first-order valence-electron chi connectivity index (χ1n) is 0. The van der Waals surface area contributed by atoms with Crippen LogP contribution in [0.4, 0.5) is 0 Å². The van der Waals surface area contributed by atoms with Crippen LogP contribution in [0.25, 0.3) is 0 Å². The van der Waals surface area contributed by atoms with E-state index in [2.05, 4.69) is 0 Å². The van der Waals surface area contributed by atoms with Crippen molar-refractivity contribution in [3.8, 4) is 0 Å². The molecule has 6 radical (unpaired) electrons. The van der Waals surface area contributed by atoms with E-state index in [0.717, 1.165) is 0 Å². The average molecular weight is 154 g/mol. The van der Waals surface area contributed by atoms with Gasteiger partial charge in [0.2, 0.25) is 0 Å². The normalized spacial score (nSPS) is 0. The van der Waals surface area contributed by atoms with E-state index < -0.39 is 0 Å². The van der Waals surface area contributed by atoms with E-state index in [9.17, 15) is 0 Å². The Morgan fingerprint density at radius 3 is 0.500 bits per heavy atom. The molecule has 0 nitrogen and oxygen atoms in total. The molecule has 4 heavy (non-hydrogen) atoms. The molecule has 0 N–H and O–H groups in total. The van der Waals surface area contributed by atoms with E-state index in [1.165, 1.54) is 0 Å². The molecule has 0 aliphatic carbocycles. The van der Waals surface area contributed by atoms with Crippen LogP contribution >= 0.6 is 13.5 Å². The average Bonchev–Trinajstić information content (AvgIpc) is 0. The van der Waals surface area contributed by atoms with E-state index >= 15 is 0 Å². The first kappa shape index (κ1) is 24.2. The molecule has 0 unspecified atom stereocenters. The van der Waals surface area contributed by atoms with Crippen molar-refractivity contribution in [2.45, 2.75) is 0 Å². The van der Waals surface area contributed by atoms with Gasteiger partial charge in [0.1, 0.15) is 0 Å². The van der Waals surface area contributed by atoms with Gasteiger partial charge in [-0.05, 0) is 0 Å². The maximum atomic E-state index is 0. The fourth-order valence-electron chi connectivity index (χ4n) is 0. The summed E-state index contributed by atoms with van der Waals surface area (Å²) in [6.07, 6.45) is 0. The van der Waals surface area contributed by atoms with E-state index in [4.69, 9.17) is 0 Å². The molecule has 0 aliphatic heterocycles. The molecule has 0 fully saturated rings. The minimum absolute atomic E-state index is 0. The molecular weight excluding hydrogens is 152 g/mol. The van der Waals surface area contributed by atoms with Crippen molar-refractivity contribution in [3.63, 3.8) is 0 Å². The van der Waals surface area contributed by atoms with Crippen molar-refractivity contribution in [1.82, 2.24) is 0 Å². The monoisotopic (exact) mass is 154 g/mol. The zero-order valence-electron chi connectivity index (χ0n) is 2.62. The summed E-state index contributed by atoms with van der Waals surface area (Å²) in [6, 6.07) is 0. The van der Waals surface area contributed by atoms with Gasteiger partial charge in [-0.25, -0.2) is 0 Å². The van der Waals surface area contributed by atoms with Gasteiger partial charge in [0.25, 0.3) is 0 Å². The first-order chi connectivity index (χ1) is 0. The molecule has 0 aromatic carbocycles. The molecule has 4 heteroatoms. The van der Waals surface area contributed by atoms with Crippen LogP contribution in [0.5, 0.6) is 0 Å². The SMILES string of the molecule is S.[Ca].[Ca].[Ca]. The van der Waals surface area contributed by atoms with Gasteiger partial charge in [-0.1, -0.05) is 0 Å². The van der Waals surface area contributed by atoms with E-state index in [0.29, 0.717) is 0 Å². The van der Waals surface area contributed by atoms with E-state index in [1.54, 1.807) is 0 Å². The van der Waals surface area contributed by atoms with Gasteiger partial charge in [0.05, 0.1) is 0 Å². The smallest absolute Gasteiger partial charge is 0 e. The summed E-state index contributed by atoms with van der Waals surface area (Å²) in [7, 11) is 0. The Labute approximate surface area is 123 Å². The summed E-state index contributed by atoms with van der Waals surface area (Å²) in [6.45, 7) is 0. The molecule has 0 heterocycles. The van der Waals surface area contributed by atoms with Crippen molar-refractivity contribution in [3.05, 3.63) is 0 Å². The second-order valence-corrected chi connectivity index (χ2v) is 0. The van der Waals surface area contributed by atoms with Crippen molar-refractivity contribution >= 4 is 127 Å². The molecule has 0 amide bonds. The standard InChI is InChI=1S/3Ca.H2S/h;;;1H2. The summed E-state index contributed by atoms with van der Waals surface area (Å²) in [5.41, 5.74) is 0. The summed E-state index contributed by atoms with van der Waals surface area (Å²) in [5, 5.41) is 0. The predicted octanol–water partition coefficient (Wildman–Crippen LogP) is -1.03. The maximum absolute atomic E-state index is 0. The van der Waals surface area contributed by atoms with Gasteiger partial charge in [-0.2, -0.15) is 13.5 Å². The van der Waals surface area contributed by atoms with Crippen LogP contribution in [-0.2, 0) is 0 Å². The van der Waals surface area contributed by atoms with Crippen LogP contribution in [0, 0.1) is 0 Å². The van der Waals surface area contributed by atoms with Gasteiger partial charge < -0.3 is 0 Å². The molecule has 0 saturated heterocycles. The number of hydrogen-bond acceptors (Lipinski definition) is 0. The third-order valence-corrected chi connectivity index (χ3v) is 0. The van der Waals surface area contributed by atoms with Gasteiger partial charge in [0.15, 0.2) is 0 Å². The van der Waals surface area contributed by atoms with Crippen LogP contribution in [0.15, 0.2) is 0 Å². The fraction of sp³-hybridized carbons (Fsp3) is 0. The zero-order valence-corrected chi connectivity index (χ0v) is 10.2. The Bertz CT molecular complexity index is 3.25. The zero-order chi connectivity index (χ0) is 0. The van der Waals surface area contributed by atoms with Crippen molar-refractivity contribution in [2.24, 2.45) is 0 Å². The summed E-state index contributed by atoms with van der Waals surface area (Å²) < 4.78 is 0. The quantitative estimate of drug-likeness (QED) is 0.392. The van der Waals surface area contributed by atoms with Crippen LogP contribution in [-0.4, -0.2) is 113 Å². The molecule has 0 aromatic rings. The van der Waals surface area contributed by atoms with Crippen molar-refractivity contribution in [2.75, 3.05) is 0 Å². The molecule has 0 aromatic heterocycles. The largest absolute Gasteiger partial charge is 0.197 e. The molecule has 0 saturated carbocycles. The Balaban J connectivity index is 0. The fourth-order valence-corrected chi connectivity index (χ4v) is 0. The second-order valence-electron chi connectivity index (χ2n) is 0. The van der Waals surface area contributed by atoms with Gasteiger partial charge in [0, 0.05) is 113 Å². The van der Waals surface area contributed by atoms with E-state index in [-0.39, 0.29) is 127 Å². The molecule has 14 valence electrons. The number of hydrogen-bond donors (Lipinski definition) is 0. The summed E-state index contributed by atoms with van der Waals surface area (Å²) in [5.74, 6) is 0. The van der Waals surface area contributed by atoms with Crippen LogP contribution in [0.1, 0.15) is 0 Å². The third-order valence-electron chi connectivity index (χ3n) is 0. The van der Waals surface area contributed by atoms with E-state index in [1.807, 2.05) is 0 Å². The molecular formula is H2Ca3S. The van der Waals surface area contributed by atoms with Crippen LogP contribution in [0.2, 0.25) is 0 Å². The molecule has 0 aliphatic rings. The topological polar surface area (TPSA) is 0 Å². The Morgan fingerprint density at radius 1 is 0.500 bits per heavy atom. The van der Waals surface area contributed by atoms with Crippen LogP contribution < -0.4 is 0 Å². The molecule has 0 bridgehead atoms.